The van der Waals surface area contributed by atoms with Crippen LogP contribution in [0.3, 0.4) is 0 Å². The van der Waals surface area contributed by atoms with Crippen LogP contribution in [0.5, 0.6) is 5.75 Å². The Morgan fingerprint density at radius 2 is 2.00 bits per heavy atom. The molecule has 0 radical (unpaired) electrons. The van der Waals surface area contributed by atoms with Gasteiger partial charge in [-0.2, -0.15) is 0 Å². The Morgan fingerprint density at radius 3 is 2.64 bits per heavy atom. The van der Waals surface area contributed by atoms with E-state index in [9.17, 15) is 14.0 Å². The zero-order valence-electron chi connectivity index (χ0n) is 13.2. The Kier molecular flexibility index (Phi) is 5.43. The zero-order chi connectivity index (χ0) is 18.0. The molecule has 4 nitrogen and oxygen atoms in total. The predicted octanol–water partition coefficient (Wildman–Crippen LogP) is 4.68. The summed E-state index contributed by atoms with van der Waals surface area (Å²) in [6.07, 6.45) is 1.68. The lowest BCUT2D eigenvalue weighted by Gasteiger charge is -2.09. The summed E-state index contributed by atoms with van der Waals surface area (Å²) in [5.74, 6) is 0.0268. The molecule has 0 aromatic heterocycles. The molecule has 0 atom stereocenters. The van der Waals surface area contributed by atoms with E-state index in [1.54, 1.807) is 36.4 Å². The van der Waals surface area contributed by atoms with Crippen molar-refractivity contribution < 1.29 is 18.7 Å². The van der Waals surface area contributed by atoms with E-state index >= 15 is 0 Å². The third-order valence-corrected chi connectivity index (χ3v) is 5.39. The van der Waals surface area contributed by atoms with Crippen molar-refractivity contribution in [2.45, 2.75) is 6.61 Å². The molecule has 0 spiro atoms. The summed E-state index contributed by atoms with van der Waals surface area (Å²) in [6, 6.07) is 11.9. The van der Waals surface area contributed by atoms with Crippen LogP contribution in [0.1, 0.15) is 11.1 Å². The summed E-state index contributed by atoms with van der Waals surface area (Å²) in [5, 5.41) is -0.282. The van der Waals surface area contributed by atoms with Gasteiger partial charge in [-0.05, 0) is 64.2 Å². The minimum atomic E-state index is -0.301. The molecule has 2 aromatic carbocycles. The summed E-state index contributed by atoms with van der Waals surface area (Å²) in [5.41, 5.74) is 1.28. The molecule has 1 fully saturated rings. The maximum absolute atomic E-state index is 13.6. The summed E-state index contributed by atoms with van der Waals surface area (Å²) in [7, 11) is 1.46. The van der Waals surface area contributed by atoms with Crippen molar-refractivity contribution in [2.75, 3.05) is 7.05 Å². The minimum absolute atomic E-state index is 0.136. The number of nitrogens with zero attached hydrogens (tertiary/aromatic N) is 1. The van der Waals surface area contributed by atoms with Crippen molar-refractivity contribution in [3.8, 4) is 5.75 Å². The average molecular weight is 469 g/mol. The van der Waals surface area contributed by atoms with E-state index in [1.165, 1.54) is 13.1 Å². The second-order valence-corrected chi connectivity index (χ2v) is 7.47. The van der Waals surface area contributed by atoms with Gasteiger partial charge in [0.1, 0.15) is 18.2 Å². The Balaban J connectivity index is 1.74. The number of benzene rings is 2. The third-order valence-electron chi connectivity index (χ3n) is 3.58. The molecule has 0 unspecified atom stereocenters. The Labute approximate surface area is 162 Å². The molecule has 2 amide bonds. The number of halogens is 2. The van der Waals surface area contributed by atoms with Gasteiger partial charge in [-0.1, -0.05) is 24.3 Å². The maximum atomic E-state index is 13.6. The van der Waals surface area contributed by atoms with Gasteiger partial charge in [0.25, 0.3) is 11.1 Å². The number of rotatable bonds is 4. The number of hydrogen-bond donors (Lipinski definition) is 0. The van der Waals surface area contributed by atoms with Crippen LogP contribution in [0, 0.1) is 9.39 Å². The number of hydrogen-bond acceptors (Lipinski definition) is 4. The van der Waals surface area contributed by atoms with Gasteiger partial charge >= 0.3 is 0 Å². The number of likely N-dealkylation sites (N-methyl/N-ethyl adjacent to an activating group) is 1. The minimum Gasteiger partial charge on any atom is -0.488 e. The molecule has 1 heterocycles. The highest BCUT2D eigenvalue weighted by atomic mass is 127. The Bertz CT molecular complexity index is 884. The van der Waals surface area contributed by atoms with Gasteiger partial charge in [-0.3, -0.25) is 14.5 Å². The molecule has 7 heteroatoms. The number of ether oxygens (including phenoxy) is 1. The molecular formula is C18H13FINO3S. The molecule has 128 valence electrons. The number of thioether (sulfide) groups is 1. The van der Waals surface area contributed by atoms with Crippen molar-refractivity contribution in [3.05, 3.63) is 67.9 Å². The van der Waals surface area contributed by atoms with Crippen LogP contribution in [0.25, 0.3) is 6.08 Å². The van der Waals surface area contributed by atoms with Crippen LogP contribution < -0.4 is 4.74 Å². The molecule has 0 bridgehead atoms. The number of amides is 2. The lowest BCUT2D eigenvalue weighted by Crippen LogP contribution is -2.22. The smallest absolute Gasteiger partial charge is 0.293 e. The van der Waals surface area contributed by atoms with Gasteiger partial charge in [0.15, 0.2) is 0 Å². The highest BCUT2D eigenvalue weighted by Gasteiger charge is 2.31. The highest BCUT2D eigenvalue weighted by molar-refractivity contribution is 14.1. The monoisotopic (exact) mass is 469 g/mol. The quantitative estimate of drug-likeness (QED) is 0.482. The highest BCUT2D eigenvalue weighted by Crippen LogP contribution is 2.32. The summed E-state index contributed by atoms with van der Waals surface area (Å²) in [4.78, 5) is 24.9. The van der Waals surface area contributed by atoms with Crippen molar-refractivity contribution in [1.82, 2.24) is 4.90 Å². The summed E-state index contributed by atoms with van der Waals surface area (Å²) >= 11 is 3.04. The van der Waals surface area contributed by atoms with Crippen LogP contribution in [0.2, 0.25) is 0 Å². The van der Waals surface area contributed by atoms with E-state index < -0.39 is 0 Å². The largest absolute Gasteiger partial charge is 0.488 e. The molecule has 0 aliphatic carbocycles. The molecule has 0 saturated carbocycles. The van der Waals surface area contributed by atoms with Crippen molar-refractivity contribution in [2.24, 2.45) is 0 Å². The van der Waals surface area contributed by atoms with Crippen LogP contribution in [-0.2, 0) is 11.4 Å². The Hall–Kier alpha value is -1.87. The molecule has 0 N–H and O–H groups in total. The van der Waals surface area contributed by atoms with Crippen molar-refractivity contribution in [1.29, 1.82) is 0 Å². The van der Waals surface area contributed by atoms with Gasteiger partial charge in [0, 0.05) is 12.6 Å². The molecule has 2 aromatic rings. The van der Waals surface area contributed by atoms with Gasteiger partial charge in [0.2, 0.25) is 0 Å². The first-order chi connectivity index (χ1) is 12.0. The molecular weight excluding hydrogens is 456 g/mol. The lowest BCUT2D eigenvalue weighted by molar-refractivity contribution is -0.121. The third kappa shape index (κ3) is 4.04. The van der Waals surface area contributed by atoms with E-state index in [0.717, 1.165) is 25.8 Å². The van der Waals surface area contributed by atoms with Crippen LogP contribution in [0.4, 0.5) is 9.18 Å². The van der Waals surface area contributed by atoms with Crippen LogP contribution in [0.15, 0.2) is 47.4 Å². The second-order valence-electron chi connectivity index (χ2n) is 5.31. The standard InChI is InChI=1S/C18H13FINO3S/c1-21-17(22)16(25-18(21)23)9-11-6-7-15(14(20)8-11)24-10-12-4-2-3-5-13(12)19/h2-9H,10H2,1H3/b16-9-. The maximum Gasteiger partial charge on any atom is 0.293 e. The first kappa shape index (κ1) is 17.9. The van der Waals surface area contributed by atoms with Gasteiger partial charge in [0.05, 0.1) is 8.48 Å². The van der Waals surface area contributed by atoms with Crippen LogP contribution >= 0.6 is 34.4 Å². The SMILES string of the molecule is CN1C(=O)S/C(=C\c2ccc(OCc3ccccc3F)c(I)c2)C1=O. The molecule has 1 saturated heterocycles. The van der Waals surface area contributed by atoms with E-state index in [1.807, 2.05) is 6.07 Å². The summed E-state index contributed by atoms with van der Waals surface area (Å²) in [6.45, 7) is 0.136. The van der Waals surface area contributed by atoms with Crippen molar-refractivity contribution >= 4 is 51.6 Å². The number of carbonyl (C=O) groups excluding carboxylic acids is 2. The first-order valence-electron chi connectivity index (χ1n) is 7.33. The fourth-order valence-corrected chi connectivity index (χ4v) is 3.71. The van der Waals surface area contributed by atoms with E-state index in [4.69, 9.17) is 4.74 Å². The van der Waals surface area contributed by atoms with Gasteiger partial charge < -0.3 is 4.74 Å². The first-order valence-corrected chi connectivity index (χ1v) is 9.22. The van der Waals surface area contributed by atoms with Gasteiger partial charge in [-0.15, -0.1) is 0 Å². The summed E-state index contributed by atoms with van der Waals surface area (Å²) < 4.78 is 20.1. The number of carbonyl (C=O) groups is 2. The molecule has 3 rings (SSSR count). The van der Waals surface area contributed by atoms with E-state index in [-0.39, 0.29) is 23.6 Å². The van der Waals surface area contributed by atoms with Crippen molar-refractivity contribution in [3.63, 3.8) is 0 Å². The normalized spacial score (nSPS) is 16.0. The van der Waals surface area contributed by atoms with E-state index in [2.05, 4.69) is 22.6 Å². The van der Waals surface area contributed by atoms with E-state index in [0.29, 0.717) is 16.2 Å². The number of imide groups is 1. The fourth-order valence-electron chi connectivity index (χ4n) is 2.19. The van der Waals surface area contributed by atoms with Gasteiger partial charge in [-0.25, -0.2) is 4.39 Å². The average Bonchev–Trinajstić information content (AvgIpc) is 2.82. The zero-order valence-corrected chi connectivity index (χ0v) is 16.1. The molecule has 1 aliphatic heterocycles. The molecule has 25 heavy (non-hydrogen) atoms. The topological polar surface area (TPSA) is 46.6 Å². The molecule has 1 aliphatic rings. The fraction of sp³-hybridized carbons (Fsp3) is 0.111. The Morgan fingerprint density at radius 1 is 1.24 bits per heavy atom. The predicted molar refractivity (Wildman–Crippen MR) is 104 cm³/mol. The van der Waals surface area contributed by atoms with Crippen LogP contribution in [-0.4, -0.2) is 23.1 Å². The lowest BCUT2D eigenvalue weighted by atomic mass is 10.2. The second kappa shape index (κ2) is 7.57.